The van der Waals surface area contributed by atoms with Gasteiger partial charge in [0.15, 0.2) is 5.78 Å². The van der Waals surface area contributed by atoms with Crippen LogP contribution < -0.4 is 16.1 Å². The van der Waals surface area contributed by atoms with Gasteiger partial charge in [-0.15, -0.1) is 5.10 Å². The van der Waals surface area contributed by atoms with Crippen molar-refractivity contribution in [1.82, 2.24) is 28.9 Å². The summed E-state index contributed by atoms with van der Waals surface area (Å²) in [6.07, 6.45) is 2.37. The van der Waals surface area contributed by atoms with Gasteiger partial charge in [-0.3, -0.25) is 14.9 Å². The highest BCUT2D eigenvalue weighted by Gasteiger charge is 2.46. The maximum Gasteiger partial charge on any atom is 0.356 e. The molecule has 0 spiro atoms. The Hall–Kier alpha value is -5.85. The van der Waals surface area contributed by atoms with Crippen LogP contribution in [0, 0.1) is 15.5 Å². The van der Waals surface area contributed by atoms with E-state index >= 15 is 0 Å². The predicted octanol–water partition coefficient (Wildman–Crippen LogP) is 4.07. The van der Waals surface area contributed by atoms with Gasteiger partial charge in [0.25, 0.3) is 5.69 Å². The monoisotopic (exact) mass is 605 g/mol. The van der Waals surface area contributed by atoms with E-state index in [1.54, 1.807) is 72.9 Å². The molecule has 3 aromatic carbocycles. The average molecular weight is 606 g/mol. The van der Waals surface area contributed by atoms with E-state index in [0.717, 1.165) is 4.57 Å². The minimum absolute atomic E-state index is 0.0102. The molecule has 45 heavy (non-hydrogen) atoms. The molecule has 2 aromatic heterocycles. The number of ketones is 1. The third kappa shape index (κ3) is 4.69. The highest BCUT2D eigenvalue weighted by Crippen LogP contribution is 2.48. The van der Waals surface area contributed by atoms with Gasteiger partial charge in [0.1, 0.15) is 24.1 Å². The summed E-state index contributed by atoms with van der Waals surface area (Å²) < 4.78 is 11.6. The Morgan fingerprint density at radius 3 is 2.36 bits per heavy atom. The number of ether oxygens (including phenoxy) is 1. The molecule has 3 heterocycles. The van der Waals surface area contributed by atoms with Crippen molar-refractivity contribution in [2.24, 2.45) is 5.41 Å². The van der Waals surface area contributed by atoms with E-state index in [1.807, 2.05) is 13.8 Å². The first-order valence-electron chi connectivity index (χ1n) is 14.3. The van der Waals surface area contributed by atoms with E-state index < -0.39 is 27.8 Å². The summed E-state index contributed by atoms with van der Waals surface area (Å²) in [6, 6.07) is 20.8. The Balaban J connectivity index is 1.27. The first-order chi connectivity index (χ1) is 21.6. The van der Waals surface area contributed by atoms with Crippen LogP contribution in [0.5, 0.6) is 5.75 Å². The third-order valence-electron chi connectivity index (χ3n) is 8.11. The molecular weight excluding hydrogens is 578 g/mol. The SMILES string of the molecule is CC1(C)CC(=O)C2=C(C1)n1c(=O)n(-c3ccccc3)c(=O)n1C2c1ccccc1OCc1cn(-c2ccc([N+](=O)[O-])cc2)nn1. The molecule has 1 aliphatic carbocycles. The molecule has 13 heteroatoms. The van der Waals surface area contributed by atoms with E-state index in [2.05, 4.69) is 10.3 Å². The quantitative estimate of drug-likeness (QED) is 0.199. The van der Waals surface area contributed by atoms with Crippen molar-refractivity contribution in [3.8, 4) is 17.1 Å². The molecular formula is C32H27N7O6. The predicted molar refractivity (Wildman–Crippen MR) is 162 cm³/mol. The number of rotatable bonds is 7. The molecule has 0 radical (unpaired) electrons. The number of fused-ring (bicyclic) bond motifs is 2. The molecule has 7 rings (SSSR count). The summed E-state index contributed by atoms with van der Waals surface area (Å²) in [7, 11) is 0. The molecule has 5 aromatic rings. The summed E-state index contributed by atoms with van der Waals surface area (Å²) in [5.41, 5.74) is 1.48. The van der Waals surface area contributed by atoms with Crippen molar-refractivity contribution in [3.63, 3.8) is 0 Å². The maximum absolute atomic E-state index is 14.0. The van der Waals surface area contributed by atoms with Crippen molar-refractivity contribution in [3.05, 3.63) is 133 Å². The molecule has 1 atom stereocenters. The summed E-state index contributed by atoms with van der Waals surface area (Å²) in [5, 5.41) is 19.3. The lowest BCUT2D eigenvalue weighted by molar-refractivity contribution is -0.384. The number of nitro groups is 1. The van der Waals surface area contributed by atoms with Crippen LogP contribution in [0.4, 0.5) is 5.69 Å². The normalized spacial score (nSPS) is 16.8. The Bertz CT molecular complexity index is 2130. The van der Waals surface area contributed by atoms with Crippen LogP contribution in [0.2, 0.25) is 0 Å². The molecule has 0 N–H and O–H groups in total. The van der Waals surface area contributed by atoms with E-state index in [0.29, 0.717) is 46.1 Å². The largest absolute Gasteiger partial charge is 0.487 e. The highest BCUT2D eigenvalue weighted by atomic mass is 16.6. The smallest absolute Gasteiger partial charge is 0.356 e. The second-order valence-electron chi connectivity index (χ2n) is 11.9. The Morgan fingerprint density at radius 1 is 0.911 bits per heavy atom. The van der Waals surface area contributed by atoms with Crippen molar-refractivity contribution in [2.75, 3.05) is 0 Å². The first kappa shape index (κ1) is 28.0. The number of nitro benzene ring substituents is 1. The number of benzene rings is 3. The fraction of sp³-hybridized carbons (Fsp3) is 0.219. The topological polar surface area (TPSA) is 149 Å². The van der Waals surface area contributed by atoms with Gasteiger partial charge in [0, 0.05) is 29.7 Å². The fourth-order valence-electron chi connectivity index (χ4n) is 6.14. The van der Waals surface area contributed by atoms with Gasteiger partial charge in [0.05, 0.1) is 28.2 Å². The van der Waals surface area contributed by atoms with Crippen LogP contribution in [0.1, 0.15) is 44.0 Å². The lowest BCUT2D eigenvalue weighted by atomic mass is 9.74. The zero-order valence-electron chi connectivity index (χ0n) is 24.4. The number of nitrogens with zero attached hydrogens (tertiary/aromatic N) is 7. The highest BCUT2D eigenvalue weighted by molar-refractivity contribution is 6.04. The number of non-ortho nitro benzene ring substituents is 1. The minimum Gasteiger partial charge on any atom is -0.487 e. The lowest BCUT2D eigenvalue weighted by Gasteiger charge is -2.30. The Kier molecular flexibility index (Phi) is 6.46. The summed E-state index contributed by atoms with van der Waals surface area (Å²) in [5.74, 6) is 0.297. The Morgan fingerprint density at radius 2 is 1.62 bits per heavy atom. The molecule has 1 unspecified atom stereocenters. The Labute approximate surface area is 255 Å². The zero-order chi connectivity index (χ0) is 31.5. The number of allylic oxidation sites excluding steroid dienone is 2. The number of hydrogen-bond acceptors (Lipinski definition) is 8. The molecule has 2 aliphatic rings. The summed E-state index contributed by atoms with van der Waals surface area (Å²) >= 11 is 0. The van der Waals surface area contributed by atoms with Gasteiger partial charge in [-0.25, -0.2) is 28.2 Å². The van der Waals surface area contributed by atoms with Crippen molar-refractivity contribution < 1.29 is 14.5 Å². The van der Waals surface area contributed by atoms with Crippen LogP contribution in [-0.2, 0) is 11.4 Å². The van der Waals surface area contributed by atoms with Gasteiger partial charge in [-0.1, -0.05) is 55.5 Å². The third-order valence-corrected chi connectivity index (χ3v) is 8.11. The fourth-order valence-corrected chi connectivity index (χ4v) is 6.14. The van der Waals surface area contributed by atoms with Crippen LogP contribution in [-0.4, -0.2) is 39.6 Å². The van der Waals surface area contributed by atoms with Crippen LogP contribution in [0.15, 0.2) is 100 Å². The summed E-state index contributed by atoms with van der Waals surface area (Å²) in [6.45, 7) is 3.96. The zero-order valence-corrected chi connectivity index (χ0v) is 24.4. The van der Waals surface area contributed by atoms with E-state index in [9.17, 15) is 24.5 Å². The number of para-hydroxylation sites is 2. The van der Waals surface area contributed by atoms with E-state index in [1.165, 1.54) is 26.2 Å². The van der Waals surface area contributed by atoms with Crippen LogP contribution in [0.25, 0.3) is 17.1 Å². The lowest BCUT2D eigenvalue weighted by Crippen LogP contribution is -2.33. The molecule has 13 nitrogen and oxygen atoms in total. The van der Waals surface area contributed by atoms with Gasteiger partial charge >= 0.3 is 11.4 Å². The van der Waals surface area contributed by atoms with Crippen LogP contribution >= 0.6 is 0 Å². The van der Waals surface area contributed by atoms with Crippen molar-refractivity contribution in [2.45, 2.75) is 39.3 Å². The molecule has 1 aliphatic heterocycles. The van der Waals surface area contributed by atoms with Gasteiger partial charge in [-0.05, 0) is 42.2 Å². The van der Waals surface area contributed by atoms with Crippen molar-refractivity contribution in [1.29, 1.82) is 0 Å². The number of aromatic nitrogens is 6. The van der Waals surface area contributed by atoms with Gasteiger partial charge < -0.3 is 4.74 Å². The molecule has 0 saturated heterocycles. The number of carbonyl (C=O) groups excluding carboxylic acids is 1. The second kappa shape index (κ2) is 10.4. The van der Waals surface area contributed by atoms with E-state index in [4.69, 9.17) is 4.74 Å². The molecule has 0 bridgehead atoms. The van der Waals surface area contributed by atoms with Gasteiger partial charge in [0.2, 0.25) is 0 Å². The van der Waals surface area contributed by atoms with Crippen LogP contribution in [0.3, 0.4) is 0 Å². The number of hydrogen-bond donors (Lipinski definition) is 0. The minimum atomic E-state index is -0.874. The summed E-state index contributed by atoms with van der Waals surface area (Å²) in [4.78, 5) is 52.1. The standard InChI is InChI=1S/C32H27N7O6/c1-32(2)16-25-28(26(40)17-32)29(38-31(42)36(30(41)37(25)38)22-8-4-3-5-9-22)24-10-6-7-11-27(24)45-19-20-18-35(34-33-20)21-12-14-23(15-13-21)39(43)44/h3-15,18,29H,16-17,19H2,1-2H3. The van der Waals surface area contributed by atoms with Gasteiger partial charge in [-0.2, -0.15) is 0 Å². The molecule has 0 saturated carbocycles. The molecule has 226 valence electrons. The number of Topliss-reactive ketones (excluding diaryl/α,β-unsaturated/α-hetero) is 1. The second-order valence-corrected chi connectivity index (χ2v) is 11.9. The number of carbonyl (C=O) groups is 1. The maximum atomic E-state index is 14.0. The first-order valence-corrected chi connectivity index (χ1v) is 14.3. The molecule has 0 fully saturated rings. The molecule has 0 amide bonds. The van der Waals surface area contributed by atoms with E-state index in [-0.39, 0.29) is 24.5 Å². The van der Waals surface area contributed by atoms with Crippen molar-refractivity contribution >= 4 is 17.2 Å². The average Bonchev–Trinajstić information content (AvgIpc) is 3.70.